The second-order valence-electron chi connectivity index (χ2n) is 11.7. The number of alkyl halides is 6. The van der Waals surface area contributed by atoms with Crippen molar-refractivity contribution in [2.24, 2.45) is 0 Å². The monoisotopic (exact) mass is 722 g/mol. The van der Waals surface area contributed by atoms with Crippen LogP contribution in [-0.2, 0) is 34.2 Å². The van der Waals surface area contributed by atoms with Crippen molar-refractivity contribution in [1.82, 2.24) is 4.90 Å². The second-order valence-corrected chi connectivity index (χ2v) is 13.9. The molecular weight excluding hydrogens is 687 g/mol. The quantitative estimate of drug-likeness (QED) is 0.0873. The van der Waals surface area contributed by atoms with Crippen LogP contribution in [-0.4, -0.2) is 49.8 Å². The van der Waals surface area contributed by atoms with Crippen LogP contribution in [0.25, 0.3) is 10.4 Å². The number of rotatable bonds is 11. The Morgan fingerprint density at radius 3 is 2.06 bits per heavy atom. The summed E-state index contributed by atoms with van der Waals surface area (Å²) in [6.07, 6.45) is -9.54. The van der Waals surface area contributed by atoms with Crippen LogP contribution in [0, 0.1) is 6.92 Å². The topological polar surface area (TPSA) is 42.0 Å². The Bertz CT molecular complexity index is 1710. The molecule has 1 atom stereocenters. The van der Waals surface area contributed by atoms with Gasteiger partial charge in [-0.15, -0.1) is 23.1 Å². The number of thioether (sulfide) groups is 1. The van der Waals surface area contributed by atoms with E-state index in [4.69, 9.17) is 9.47 Å². The molecule has 1 aliphatic heterocycles. The maximum absolute atomic E-state index is 13.2. The maximum atomic E-state index is 13.2. The van der Waals surface area contributed by atoms with Gasteiger partial charge in [-0.1, -0.05) is 12.1 Å². The van der Waals surface area contributed by atoms with Gasteiger partial charge in [0.15, 0.2) is 6.10 Å². The number of hydrogen-bond acceptors (Lipinski definition) is 7. The van der Waals surface area contributed by atoms with Crippen LogP contribution in [0.5, 0.6) is 5.75 Å². The third-order valence-electron chi connectivity index (χ3n) is 8.16. The fourth-order valence-electron chi connectivity index (χ4n) is 5.45. The average Bonchev–Trinajstić information content (AvgIpc) is 3.47. The fourth-order valence-corrected chi connectivity index (χ4v) is 7.74. The van der Waals surface area contributed by atoms with Gasteiger partial charge in [0.25, 0.3) is 0 Å². The number of carbonyl (C=O) groups excluding carboxylic acids is 1. The van der Waals surface area contributed by atoms with E-state index in [1.54, 1.807) is 36.9 Å². The van der Waals surface area contributed by atoms with Crippen LogP contribution in [0.4, 0.5) is 32.0 Å². The minimum absolute atomic E-state index is 0.269. The first-order valence-electron chi connectivity index (χ1n) is 15.7. The molecule has 0 spiro atoms. The summed E-state index contributed by atoms with van der Waals surface area (Å²) < 4.78 is 89.5. The number of piperazine rings is 1. The summed E-state index contributed by atoms with van der Waals surface area (Å²) in [5.74, 6) is 0.780. The zero-order valence-electron chi connectivity index (χ0n) is 27.2. The van der Waals surface area contributed by atoms with Crippen LogP contribution < -0.4 is 9.64 Å². The molecule has 0 bridgehead atoms. The Kier molecular flexibility index (Phi) is 11.6. The van der Waals surface area contributed by atoms with Gasteiger partial charge in [-0.2, -0.15) is 26.3 Å². The number of anilines is 1. The summed E-state index contributed by atoms with van der Waals surface area (Å²) in [7, 11) is 0. The van der Waals surface area contributed by atoms with Gasteiger partial charge in [0.05, 0.1) is 17.7 Å². The van der Waals surface area contributed by atoms with E-state index in [-0.39, 0.29) is 6.61 Å². The van der Waals surface area contributed by atoms with E-state index in [0.717, 1.165) is 55.7 Å². The van der Waals surface area contributed by atoms with Gasteiger partial charge in [-0.25, -0.2) is 4.79 Å². The van der Waals surface area contributed by atoms with Crippen LogP contribution in [0.1, 0.15) is 41.0 Å². The van der Waals surface area contributed by atoms with E-state index in [2.05, 4.69) is 9.80 Å². The van der Waals surface area contributed by atoms with Crippen LogP contribution in [0.15, 0.2) is 77.7 Å². The largest absolute Gasteiger partial charge is 0.479 e. The van der Waals surface area contributed by atoms with Crippen molar-refractivity contribution >= 4 is 34.8 Å². The Labute approximate surface area is 289 Å². The molecule has 5 nitrogen and oxygen atoms in total. The molecule has 0 aliphatic carbocycles. The minimum Gasteiger partial charge on any atom is -0.479 e. The van der Waals surface area contributed by atoms with Crippen molar-refractivity contribution in [2.45, 2.75) is 56.4 Å². The number of benzene rings is 3. The van der Waals surface area contributed by atoms with Gasteiger partial charge in [-0.3, -0.25) is 4.90 Å². The summed E-state index contributed by atoms with van der Waals surface area (Å²) in [6.45, 7) is 8.87. The van der Waals surface area contributed by atoms with Crippen molar-refractivity contribution < 1.29 is 40.6 Å². The lowest BCUT2D eigenvalue weighted by Crippen LogP contribution is -2.46. The number of nitrogens with zero attached hydrogens (tertiary/aromatic N) is 2. The van der Waals surface area contributed by atoms with Gasteiger partial charge in [0.1, 0.15) is 5.75 Å². The smallest absolute Gasteiger partial charge is 0.416 e. The molecule has 1 aliphatic rings. The molecule has 1 aromatic heterocycles. The van der Waals surface area contributed by atoms with E-state index in [0.29, 0.717) is 49.8 Å². The molecule has 4 aromatic rings. The number of halogens is 6. The van der Waals surface area contributed by atoms with Crippen LogP contribution in [0.3, 0.4) is 0 Å². The van der Waals surface area contributed by atoms with Crippen LogP contribution >= 0.6 is 23.1 Å². The van der Waals surface area contributed by atoms with E-state index in [1.807, 2.05) is 31.2 Å². The number of hydrogen-bond donors (Lipinski definition) is 0. The Morgan fingerprint density at radius 2 is 1.49 bits per heavy atom. The highest BCUT2D eigenvalue weighted by atomic mass is 32.2. The van der Waals surface area contributed by atoms with Gasteiger partial charge >= 0.3 is 18.3 Å². The van der Waals surface area contributed by atoms with E-state index in [9.17, 15) is 31.1 Å². The summed E-state index contributed by atoms with van der Waals surface area (Å²) in [6, 6.07) is 18.2. The molecular formula is C36H36F6N2O3S2. The number of esters is 1. The maximum Gasteiger partial charge on any atom is 0.416 e. The molecule has 49 heavy (non-hydrogen) atoms. The SMILES string of the molecule is CCOC(=O)C(C)Oc1ccc(SCc2sc(-c3ccc(C(F)(F)F)cc3)cc2CN2CCN(c3ccc(C(F)(F)F)cc3)CC2)cc1C. The highest BCUT2D eigenvalue weighted by molar-refractivity contribution is 7.98. The molecule has 0 saturated carbocycles. The molecule has 1 saturated heterocycles. The Morgan fingerprint density at radius 1 is 0.878 bits per heavy atom. The molecule has 0 amide bonds. The van der Waals surface area contributed by atoms with Crippen molar-refractivity contribution in [3.63, 3.8) is 0 Å². The van der Waals surface area contributed by atoms with Gasteiger partial charge in [0, 0.05) is 58.8 Å². The van der Waals surface area contributed by atoms with Crippen LogP contribution in [0.2, 0.25) is 0 Å². The summed E-state index contributed by atoms with van der Waals surface area (Å²) in [4.78, 5) is 19.3. The lowest BCUT2D eigenvalue weighted by atomic mass is 10.1. The number of carbonyl (C=O) groups is 1. The van der Waals surface area contributed by atoms with Gasteiger partial charge in [0.2, 0.25) is 0 Å². The highest BCUT2D eigenvalue weighted by Gasteiger charge is 2.31. The van der Waals surface area contributed by atoms with Gasteiger partial charge < -0.3 is 14.4 Å². The van der Waals surface area contributed by atoms with Crippen molar-refractivity contribution in [1.29, 1.82) is 0 Å². The first kappa shape index (κ1) is 36.6. The Balaban J connectivity index is 1.29. The number of ether oxygens (including phenoxy) is 2. The summed E-state index contributed by atoms with van der Waals surface area (Å²) in [5, 5.41) is 0. The lowest BCUT2D eigenvalue weighted by Gasteiger charge is -2.36. The standard InChI is InChI=1S/C36H36F6N2O3S2/c1-4-46-34(45)24(3)47-31-14-13-30(19-23(31)2)48-22-33-26(20-32(49-33)25-5-7-27(8-6-25)35(37,38)39)21-43-15-17-44(18-16-43)29-11-9-28(10-12-29)36(40,41)42/h5-14,19-20,24H,4,15-18,21-22H2,1-3H3. The minimum atomic E-state index is -4.42. The molecule has 0 radical (unpaired) electrons. The molecule has 1 fully saturated rings. The van der Waals surface area contributed by atoms with Gasteiger partial charge in [-0.05, 0) is 98.1 Å². The first-order valence-corrected chi connectivity index (χ1v) is 17.5. The molecule has 5 rings (SSSR count). The number of aryl methyl sites for hydroxylation is 1. The normalized spacial score (nSPS) is 14.9. The lowest BCUT2D eigenvalue weighted by molar-refractivity contribution is -0.150. The molecule has 1 unspecified atom stereocenters. The van der Waals surface area contributed by atoms with E-state index in [1.165, 1.54) is 24.3 Å². The average molecular weight is 723 g/mol. The zero-order valence-corrected chi connectivity index (χ0v) is 28.8. The molecule has 13 heteroatoms. The third-order valence-corrected chi connectivity index (χ3v) is 10.6. The molecule has 2 heterocycles. The Hall–Kier alpha value is -3.68. The summed E-state index contributed by atoms with van der Waals surface area (Å²) in [5.41, 5.74) is 2.01. The zero-order chi connectivity index (χ0) is 35.3. The second kappa shape index (κ2) is 15.5. The van der Waals surface area contributed by atoms with E-state index < -0.39 is 35.6 Å². The predicted molar refractivity (Wildman–Crippen MR) is 181 cm³/mol. The van der Waals surface area contributed by atoms with Crippen molar-refractivity contribution in [3.05, 3.63) is 99.9 Å². The van der Waals surface area contributed by atoms with Crippen molar-refractivity contribution in [2.75, 3.05) is 37.7 Å². The molecule has 0 N–H and O–H groups in total. The fraction of sp³-hybridized carbons (Fsp3) is 0.361. The molecule has 3 aromatic carbocycles. The predicted octanol–water partition coefficient (Wildman–Crippen LogP) is 9.71. The summed E-state index contributed by atoms with van der Waals surface area (Å²) >= 11 is 3.18. The van der Waals surface area contributed by atoms with E-state index >= 15 is 0 Å². The first-order chi connectivity index (χ1) is 23.2. The third kappa shape index (κ3) is 9.52. The van der Waals surface area contributed by atoms with Crippen molar-refractivity contribution in [3.8, 4) is 16.2 Å². The molecule has 262 valence electrons. The highest BCUT2D eigenvalue weighted by Crippen LogP contribution is 2.39. The number of thiophene rings is 1.